The third kappa shape index (κ3) is 4.27. The van der Waals surface area contributed by atoms with Gasteiger partial charge in [-0.3, -0.25) is 0 Å². The smallest absolute Gasteiger partial charge is 0.438 e. The van der Waals surface area contributed by atoms with Crippen molar-refractivity contribution in [2.45, 2.75) is 111 Å². The van der Waals surface area contributed by atoms with E-state index < -0.39 is 6.16 Å². The third-order valence-corrected chi connectivity index (χ3v) is 10.7. The van der Waals surface area contributed by atoms with Gasteiger partial charge in [-0.25, -0.2) is 4.79 Å². The topological polar surface area (TPSA) is 35.5 Å². The van der Waals surface area contributed by atoms with Gasteiger partial charge in [0.2, 0.25) is 0 Å². The van der Waals surface area contributed by atoms with Crippen LogP contribution in [-0.4, -0.2) is 19.4 Å². The lowest BCUT2D eigenvalue weighted by atomic mass is 9.47. The van der Waals surface area contributed by atoms with Crippen LogP contribution >= 0.6 is 0 Å². The molecule has 182 valence electrons. The Morgan fingerprint density at radius 2 is 1.84 bits per heavy atom. The van der Waals surface area contributed by atoms with E-state index in [9.17, 15) is 4.79 Å². The molecule has 0 amide bonds. The molecular weight excluding hydrogens is 396 g/mol. The van der Waals surface area contributed by atoms with Gasteiger partial charge >= 0.3 is 6.16 Å². The van der Waals surface area contributed by atoms with Gasteiger partial charge in [-0.15, -0.1) is 0 Å². The summed E-state index contributed by atoms with van der Waals surface area (Å²) in [5.41, 5.74) is 2.42. The van der Waals surface area contributed by atoms with Crippen LogP contribution in [0.4, 0.5) is 4.79 Å². The molecule has 3 heteroatoms. The highest BCUT2D eigenvalue weighted by molar-refractivity contribution is 5.59. The number of ether oxygens (including phenoxy) is 2. The number of fused-ring (bicyclic) bond motifs is 5. The molecule has 0 spiro atoms. The van der Waals surface area contributed by atoms with Crippen LogP contribution in [-0.2, 0) is 9.47 Å². The summed E-state index contributed by atoms with van der Waals surface area (Å²) in [6.45, 7) is 12.5. The van der Waals surface area contributed by atoms with Crippen molar-refractivity contribution < 1.29 is 14.3 Å². The van der Waals surface area contributed by atoms with Gasteiger partial charge in [0, 0.05) is 6.42 Å². The Bertz CT molecular complexity index is 711. The Balaban J connectivity index is 1.45. The van der Waals surface area contributed by atoms with Crippen LogP contribution in [0.5, 0.6) is 0 Å². The summed E-state index contributed by atoms with van der Waals surface area (Å²) in [6, 6.07) is 0. The van der Waals surface area contributed by atoms with Crippen molar-refractivity contribution in [3.63, 3.8) is 0 Å². The van der Waals surface area contributed by atoms with Crippen molar-refractivity contribution in [2.24, 2.45) is 46.3 Å². The first kappa shape index (κ1) is 24.1. The fourth-order valence-electron chi connectivity index (χ4n) is 8.94. The standard InChI is InChI=1S/C29H48O3/c1-19(2)8-7-9-20(3)24-12-13-25-23-11-10-21-18-22(32-27(30)31-6)14-16-28(21,4)26(23)15-17-29(24,25)5/h10,19-20,22-26H,7-9,11-18H2,1-6H3/t20-,22-,23+,24-,25+,26+,28+,29-/m1/s1. The SMILES string of the molecule is COC(=O)O[C@@H]1CC[C@@]2(C)C(=CC[C@H]3[C@@H]4CC[C@H]([C@H](C)CCCC(C)C)[C@@]4(C)CC[C@@H]32)C1. The largest absolute Gasteiger partial charge is 0.508 e. The van der Waals surface area contributed by atoms with Gasteiger partial charge in [-0.2, -0.15) is 0 Å². The van der Waals surface area contributed by atoms with Crippen LogP contribution in [0.1, 0.15) is 105 Å². The van der Waals surface area contributed by atoms with Gasteiger partial charge in [-0.1, -0.05) is 65.5 Å². The van der Waals surface area contributed by atoms with Crippen LogP contribution in [0.3, 0.4) is 0 Å². The molecule has 8 atom stereocenters. The zero-order valence-corrected chi connectivity index (χ0v) is 21.6. The van der Waals surface area contributed by atoms with E-state index in [1.54, 1.807) is 5.57 Å². The van der Waals surface area contributed by atoms with Crippen molar-refractivity contribution in [3.05, 3.63) is 11.6 Å². The normalized spacial score (nSPS) is 41.8. The van der Waals surface area contributed by atoms with Gasteiger partial charge in [0.05, 0.1) is 7.11 Å². The lowest BCUT2D eigenvalue weighted by molar-refractivity contribution is -0.0608. The molecule has 3 saturated carbocycles. The average molecular weight is 445 g/mol. The molecule has 0 heterocycles. The van der Waals surface area contributed by atoms with E-state index in [2.05, 4.69) is 40.7 Å². The first-order valence-corrected chi connectivity index (χ1v) is 13.6. The maximum atomic E-state index is 11.6. The molecule has 4 aliphatic rings. The van der Waals surface area contributed by atoms with Crippen LogP contribution in [0, 0.1) is 46.3 Å². The van der Waals surface area contributed by atoms with Gasteiger partial charge in [0.25, 0.3) is 0 Å². The van der Waals surface area contributed by atoms with Crippen molar-refractivity contribution in [3.8, 4) is 0 Å². The first-order valence-electron chi connectivity index (χ1n) is 13.6. The van der Waals surface area contributed by atoms with Crippen molar-refractivity contribution in [2.75, 3.05) is 7.11 Å². The second-order valence-corrected chi connectivity index (χ2v) is 12.7. The summed E-state index contributed by atoms with van der Waals surface area (Å²) >= 11 is 0. The quantitative estimate of drug-likeness (QED) is 0.306. The van der Waals surface area contributed by atoms with Crippen LogP contribution in [0.2, 0.25) is 0 Å². The molecule has 0 unspecified atom stereocenters. The number of carbonyl (C=O) groups excluding carboxylic acids is 1. The predicted molar refractivity (Wildman–Crippen MR) is 130 cm³/mol. The predicted octanol–water partition coefficient (Wildman–Crippen LogP) is 8.18. The van der Waals surface area contributed by atoms with Gasteiger partial charge in [0.15, 0.2) is 0 Å². The Morgan fingerprint density at radius 3 is 2.56 bits per heavy atom. The molecule has 0 bridgehead atoms. The highest BCUT2D eigenvalue weighted by atomic mass is 16.7. The Hall–Kier alpha value is -0.990. The van der Waals surface area contributed by atoms with E-state index in [0.717, 1.165) is 54.8 Å². The number of methoxy groups -OCH3 is 1. The molecule has 0 aliphatic heterocycles. The lowest BCUT2D eigenvalue weighted by Crippen LogP contribution is -2.51. The zero-order chi connectivity index (χ0) is 23.1. The summed E-state index contributed by atoms with van der Waals surface area (Å²) in [5, 5.41) is 0. The Morgan fingerprint density at radius 1 is 1.06 bits per heavy atom. The van der Waals surface area contributed by atoms with E-state index in [1.165, 1.54) is 58.5 Å². The number of carbonyl (C=O) groups is 1. The minimum absolute atomic E-state index is 0.00488. The summed E-state index contributed by atoms with van der Waals surface area (Å²) < 4.78 is 10.3. The summed E-state index contributed by atoms with van der Waals surface area (Å²) in [4.78, 5) is 11.6. The molecule has 4 rings (SSSR count). The molecular formula is C29H48O3. The zero-order valence-electron chi connectivity index (χ0n) is 21.6. The van der Waals surface area contributed by atoms with E-state index in [4.69, 9.17) is 9.47 Å². The fourth-order valence-corrected chi connectivity index (χ4v) is 8.94. The molecule has 32 heavy (non-hydrogen) atoms. The van der Waals surface area contributed by atoms with Crippen LogP contribution in [0.15, 0.2) is 11.6 Å². The summed E-state index contributed by atoms with van der Waals surface area (Å²) in [6.07, 6.45) is 16.2. The average Bonchev–Trinajstić information content (AvgIpc) is 3.11. The Labute approximate surface area is 197 Å². The maximum Gasteiger partial charge on any atom is 0.508 e. The molecule has 0 saturated heterocycles. The van der Waals surface area contributed by atoms with E-state index in [-0.39, 0.29) is 6.10 Å². The van der Waals surface area contributed by atoms with Crippen molar-refractivity contribution >= 4 is 6.16 Å². The monoisotopic (exact) mass is 444 g/mol. The molecule has 3 fully saturated rings. The van der Waals surface area contributed by atoms with E-state index in [0.29, 0.717) is 10.8 Å². The summed E-state index contributed by atoms with van der Waals surface area (Å²) in [5.74, 6) is 5.20. The fraction of sp³-hybridized carbons (Fsp3) is 0.897. The van der Waals surface area contributed by atoms with Gasteiger partial charge in [-0.05, 0) is 91.3 Å². The van der Waals surface area contributed by atoms with E-state index in [1.807, 2.05) is 0 Å². The maximum absolute atomic E-state index is 11.6. The molecule has 3 nitrogen and oxygen atoms in total. The molecule has 0 aromatic carbocycles. The van der Waals surface area contributed by atoms with Crippen molar-refractivity contribution in [1.82, 2.24) is 0 Å². The first-order chi connectivity index (χ1) is 15.2. The highest BCUT2D eigenvalue weighted by Gasteiger charge is 2.59. The Kier molecular flexibility index (Phi) is 7.04. The number of allylic oxidation sites excluding steroid dienone is 1. The molecule has 0 N–H and O–H groups in total. The number of hydrogen-bond acceptors (Lipinski definition) is 3. The third-order valence-electron chi connectivity index (χ3n) is 10.7. The lowest BCUT2D eigenvalue weighted by Gasteiger charge is -2.58. The second kappa shape index (κ2) is 9.34. The number of hydrogen-bond donors (Lipinski definition) is 0. The van der Waals surface area contributed by atoms with Crippen LogP contribution in [0.25, 0.3) is 0 Å². The molecule has 0 aromatic rings. The van der Waals surface area contributed by atoms with Crippen molar-refractivity contribution in [1.29, 1.82) is 0 Å². The molecule has 0 radical (unpaired) electrons. The number of rotatable bonds is 6. The second-order valence-electron chi connectivity index (χ2n) is 12.7. The minimum atomic E-state index is -0.527. The van der Waals surface area contributed by atoms with Gasteiger partial charge < -0.3 is 9.47 Å². The minimum Gasteiger partial charge on any atom is -0.438 e. The van der Waals surface area contributed by atoms with E-state index >= 15 is 0 Å². The van der Waals surface area contributed by atoms with Gasteiger partial charge in [0.1, 0.15) is 6.10 Å². The molecule has 0 aromatic heterocycles. The molecule has 4 aliphatic carbocycles. The summed E-state index contributed by atoms with van der Waals surface area (Å²) in [7, 11) is 1.40. The highest BCUT2D eigenvalue weighted by Crippen LogP contribution is 2.67. The van der Waals surface area contributed by atoms with Crippen LogP contribution < -0.4 is 0 Å².